The molecule has 3 rings (SSSR count). The number of nitrogens with one attached hydrogen (secondary N) is 1. The van der Waals surface area contributed by atoms with Gasteiger partial charge in [-0.05, 0) is 67.7 Å². The van der Waals surface area contributed by atoms with Crippen LogP contribution >= 0.6 is 0 Å². The summed E-state index contributed by atoms with van der Waals surface area (Å²) in [5.41, 5.74) is 2.40. The van der Waals surface area contributed by atoms with Gasteiger partial charge in [-0.15, -0.1) is 0 Å². The van der Waals surface area contributed by atoms with Gasteiger partial charge in [0.25, 0.3) is 0 Å². The minimum atomic E-state index is 0.133. The minimum Gasteiger partial charge on any atom is -0.497 e. The summed E-state index contributed by atoms with van der Waals surface area (Å²) in [4.78, 5) is 0. The van der Waals surface area contributed by atoms with Gasteiger partial charge >= 0.3 is 0 Å². The zero-order valence-corrected chi connectivity index (χ0v) is 16.4. The highest BCUT2D eigenvalue weighted by Crippen LogP contribution is 2.31. The largest absolute Gasteiger partial charge is 0.497 e. The van der Waals surface area contributed by atoms with Crippen LogP contribution in [0.4, 0.5) is 0 Å². The fraction of sp³-hybridized carbons (Fsp3) is 0.391. The third-order valence-corrected chi connectivity index (χ3v) is 4.94. The first-order chi connectivity index (χ1) is 13.2. The molecule has 4 nitrogen and oxygen atoms in total. The Morgan fingerprint density at radius 3 is 2.52 bits per heavy atom. The smallest absolute Gasteiger partial charge is 0.162 e. The molecular weight excluding hydrogens is 338 g/mol. The van der Waals surface area contributed by atoms with Gasteiger partial charge in [-0.25, -0.2) is 0 Å². The zero-order chi connectivity index (χ0) is 19.1. The number of allylic oxidation sites excluding steroid dienone is 1. The van der Waals surface area contributed by atoms with E-state index < -0.39 is 0 Å². The summed E-state index contributed by atoms with van der Waals surface area (Å²) in [6.07, 6.45) is 7.85. The second-order valence-electron chi connectivity index (χ2n) is 6.88. The van der Waals surface area contributed by atoms with Crippen molar-refractivity contribution in [3.05, 3.63) is 65.7 Å². The van der Waals surface area contributed by atoms with Crippen LogP contribution in [0, 0.1) is 0 Å². The van der Waals surface area contributed by atoms with Crippen LogP contribution in [0.3, 0.4) is 0 Å². The molecule has 0 bridgehead atoms. The van der Waals surface area contributed by atoms with Gasteiger partial charge in [0.2, 0.25) is 0 Å². The molecule has 2 aromatic carbocycles. The van der Waals surface area contributed by atoms with E-state index in [1.54, 1.807) is 14.2 Å². The average molecular weight is 367 g/mol. The van der Waals surface area contributed by atoms with Crippen LogP contribution < -0.4 is 19.5 Å². The molecule has 2 aromatic rings. The first kappa shape index (κ1) is 19.3. The number of hydrogen-bond donors (Lipinski definition) is 1. The molecule has 1 aliphatic rings. The second-order valence-corrected chi connectivity index (χ2v) is 6.88. The van der Waals surface area contributed by atoms with Gasteiger partial charge in [-0.1, -0.05) is 24.3 Å². The van der Waals surface area contributed by atoms with E-state index in [0.717, 1.165) is 36.6 Å². The quantitative estimate of drug-likeness (QED) is 0.663. The van der Waals surface area contributed by atoms with E-state index in [9.17, 15) is 0 Å². The van der Waals surface area contributed by atoms with E-state index in [0.29, 0.717) is 0 Å². The number of benzene rings is 2. The fourth-order valence-corrected chi connectivity index (χ4v) is 3.25. The average Bonchev–Trinajstić information content (AvgIpc) is 2.73. The predicted octanol–water partition coefficient (Wildman–Crippen LogP) is 5.04. The Morgan fingerprint density at radius 2 is 1.85 bits per heavy atom. The van der Waals surface area contributed by atoms with Crippen LogP contribution in [0.5, 0.6) is 17.2 Å². The first-order valence-electron chi connectivity index (χ1n) is 9.57. The molecule has 0 saturated carbocycles. The number of methoxy groups -OCH3 is 2. The molecule has 2 atom stereocenters. The molecule has 27 heavy (non-hydrogen) atoms. The molecule has 0 amide bonds. The molecule has 1 unspecified atom stereocenters. The minimum absolute atomic E-state index is 0.133. The lowest BCUT2D eigenvalue weighted by atomic mass is 10.1. The maximum atomic E-state index is 6.18. The van der Waals surface area contributed by atoms with Crippen LogP contribution in [0.25, 0.3) is 0 Å². The molecule has 0 spiro atoms. The lowest BCUT2D eigenvalue weighted by Crippen LogP contribution is -2.19. The Bertz CT molecular complexity index is 755. The van der Waals surface area contributed by atoms with Crippen LogP contribution in [0.2, 0.25) is 0 Å². The van der Waals surface area contributed by atoms with Crippen LogP contribution in [0.1, 0.15) is 43.4 Å². The third-order valence-electron chi connectivity index (χ3n) is 4.94. The van der Waals surface area contributed by atoms with Crippen LogP contribution in [-0.4, -0.2) is 20.3 Å². The van der Waals surface area contributed by atoms with Gasteiger partial charge in [0.05, 0.1) is 14.2 Å². The van der Waals surface area contributed by atoms with E-state index >= 15 is 0 Å². The molecule has 0 saturated heterocycles. The lowest BCUT2D eigenvalue weighted by Gasteiger charge is -2.21. The Balaban J connectivity index is 1.64. The van der Waals surface area contributed by atoms with Crippen molar-refractivity contribution in [1.82, 2.24) is 5.32 Å². The summed E-state index contributed by atoms with van der Waals surface area (Å²) < 4.78 is 16.9. The number of rotatable bonds is 8. The van der Waals surface area contributed by atoms with Crippen molar-refractivity contribution in [3.63, 3.8) is 0 Å². The van der Waals surface area contributed by atoms with Crippen molar-refractivity contribution in [2.45, 2.75) is 44.9 Å². The second kappa shape index (κ2) is 9.47. The summed E-state index contributed by atoms with van der Waals surface area (Å²) in [6.45, 7) is 2.92. The Kier molecular flexibility index (Phi) is 6.77. The van der Waals surface area contributed by atoms with Gasteiger partial charge in [0.15, 0.2) is 11.5 Å². The molecule has 0 aromatic heterocycles. The monoisotopic (exact) mass is 367 g/mol. The normalized spacial score (nSPS) is 17.4. The molecule has 4 heteroatoms. The van der Waals surface area contributed by atoms with Crippen molar-refractivity contribution in [2.24, 2.45) is 0 Å². The summed E-state index contributed by atoms with van der Waals surface area (Å²) in [7, 11) is 3.37. The van der Waals surface area contributed by atoms with Crippen molar-refractivity contribution >= 4 is 0 Å². The summed E-state index contributed by atoms with van der Waals surface area (Å²) in [6, 6.07) is 14.5. The van der Waals surface area contributed by atoms with Gasteiger partial charge in [-0.3, -0.25) is 0 Å². The number of ether oxygens (including phenoxy) is 3. The molecule has 0 fully saturated rings. The maximum Gasteiger partial charge on any atom is 0.162 e. The van der Waals surface area contributed by atoms with Gasteiger partial charge in [-0.2, -0.15) is 0 Å². The van der Waals surface area contributed by atoms with Crippen LogP contribution in [-0.2, 0) is 6.54 Å². The third kappa shape index (κ3) is 5.27. The Hall–Kier alpha value is -2.46. The van der Waals surface area contributed by atoms with Crippen molar-refractivity contribution < 1.29 is 14.2 Å². The van der Waals surface area contributed by atoms with Gasteiger partial charge < -0.3 is 19.5 Å². The maximum absolute atomic E-state index is 6.18. The van der Waals surface area contributed by atoms with E-state index in [4.69, 9.17) is 14.2 Å². The standard InChI is InChI=1S/C23H29NO3/c1-17(19-10-12-20(25-2)13-11-19)24-16-18-9-14-22(26-3)23(15-18)27-21-7-5-4-6-8-21/h5,7,9-15,17,21,24H,4,6,8,16H2,1-3H3/t17-,21?/m1/s1. The Labute approximate surface area is 162 Å². The highest BCUT2D eigenvalue weighted by Gasteiger charge is 2.14. The first-order valence-corrected chi connectivity index (χ1v) is 9.57. The SMILES string of the molecule is COc1ccc([C@@H](C)NCc2ccc(OC)c(OC3C=CCCC3)c2)cc1. The van der Waals surface area contributed by atoms with Gasteiger partial charge in [0, 0.05) is 12.6 Å². The van der Waals surface area contributed by atoms with Gasteiger partial charge in [0.1, 0.15) is 11.9 Å². The van der Waals surface area contributed by atoms with Crippen LogP contribution in [0.15, 0.2) is 54.6 Å². The molecular formula is C23H29NO3. The highest BCUT2D eigenvalue weighted by molar-refractivity contribution is 5.43. The topological polar surface area (TPSA) is 39.7 Å². The highest BCUT2D eigenvalue weighted by atomic mass is 16.5. The molecule has 144 valence electrons. The van der Waals surface area contributed by atoms with Crippen molar-refractivity contribution in [1.29, 1.82) is 0 Å². The predicted molar refractivity (Wildman–Crippen MR) is 109 cm³/mol. The van der Waals surface area contributed by atoms with E-state index in [1.807, 2.05) is 18.2 Å². The van der Waals surface area contributed by atoms with Crippen molar-refractivity contribution in [3.8, 4) is 17.2 Å². The van der Waals surface area contributed by atoms with E-state index in [1.165, 1.54) is 17.5 Å². The Morgan fingerprint density at radius 1 is 1.04 bits per heavy atom. The van der Waals surface area contributed by atoms with E-state index in [2.05, 4.69) is 48.7 Å². The molecule has 1 aliphatic carbocycles. The summed E-state index contributed by atoms with van der Waals surface area (Å²) in [5.74, 6) is 2.46. The van der Waals surface area contributed by atoms with Crippen molar-refractivity contribution in [2.75, 3.05) is 14.2 Å². The molecule has 1 N–H and O–H groups in total. The number of hydrogen-bond acceptors (Lipinski definition) is 4. The fourth-order valence-electron chi connectivity index (χ4n) is 3.25. The zero-order valence-electron chi connectivity index (χ0n) is 16.4. The lowest BCUT2D eigenvalue weighted by molar-refractivity contribution is 0.219. The summed E-state index contributed by atoms with van der Waals surface area (Å²) >= 11 is 0. The molecule has 0 heterocycles. The molecule has 0 radical (unpaired) electrons. The summed E-state index contributed by atoms with van der Waals surface area (Å²) in [5, 5.41) is 3.57. The molecule has 0 aliphatic heterocycles. The van der Waals surface area contributed by atoms with E-state index in [-0.39, 0.29) is 12.1 Å².